The van der Waals surface area contributed by atoms with E-state index in [-0.39, 0.29) is 5.56 Å². The summed E-state index contributed by atoms with van der Waals surface area (Å²) in [7, 11) is 1.71. The zero-order chi connectivity index (χ0) is 12.4. The molecule has 0 aliphatic heterocycles. The number of halogens is 1. The lowest BCUT2D eigenvalue weighted by Gasteiger charge is -2.05. The van der Waals surface area contributed by atoms with Gasteiger partial charge in [0.25, 0.3) is 5.56 Å². The number of hydrogen-bond donors (Lipinski definition) is 1. The van der Waals surface area contributed by atoms with Gasteiger partial charge < -0.3 is 10.3 Å². The molecule has 0 atom stereocenters. The van der Waals surface area contributed by atoms with Crippen LogP contribution in [0.4, 0.5) is 0 Å². The SMILES string of the molecule is Cn1cc(Br)cc(/C(C=NC2CC2)=C/N)c1=O. The third-order valence-electron chi connectivity index (χ3n) is 2.61. The predicted octanol–water partition coefficient (Wildman–Crippen LogP) is 1.68. The molecule has 0 unspecified atom stereocenters. The minimum Gasteiger partial charge on any atom is -0.404 e. The minimum absolute atomic E-state index is 0.0767. The highest BCUT2D eigenvalue weighted by molar-refractivity contribution is 9.10. The molecule has 0 spiro atoms. The Bertz CT molecular complexity index is 541. The first kappa shape index (κ1) is 12.1. The van der Waals surface area contributed by atoms with Crippen molar-refractivity contribution in [3.8, 4) is 0 Å². The second kappa shape index (κ2) is 4.87. The molecule has 17 heavy (non-hydrogen) atoms. The van der Waals surface area contributed by atoms with Crippen molar-refractivity contribution in [3.63, 3.8) is 0 Å². The van der Waals surface area contributed by atoms with Crippen molar-refractivity contribution in [2.45, 2.75) is 18.9 Å². The highest BCUT2D eigenvalue weighted by Gasteiger charge is 2.19. The summed E-state index contributed by atoms with van der Waals surface area (Å²) in [5.74, 6) is 0. The highest BCUT2D eigenvalue weighted by atomic mass is 79.9. The van der Waals surface area contributed by atoms with Gasteiger partial charge in [-0.2, -0.15) is 0 Å². The van der Waals surface area contributed by atoms with Crippen LogP contribution in [0.5, 0.6) is 0 Å². The Labute approximate surface area is 108 Å². The van der Waals surface area contributed by atoms with Crippen molar-refractivity contribution in [1.82, 2.24) is 4.57 Å². The van der Waals surface area contributed by atoms with Crippen molar-refractivity contribution in [3.05, 3.63) is 38.9 Å². The number of nitrogens with zero attached hydrogens (tertiary/aromatic N) is 2. The van der Waals surface area contributed by atoms with E-state index in [9.17, 15) is 4.79 Å². The van der Waals surface area contributed by atoms with Crippen molar-refractivity contribution < 1.29 is 0 Å². The molecule has 4 nitrogen and oxygen atoms in total. The maximum atomic E-state index is 12.0. The average molecular weight is 296 g/mol. The van der Waals surface area contributed by atoms with E-state index in [0.717, 1.165) is 17.3 Å². The first-order valence-corrected chi connectivity index (χ1v) is 6.22. The molecule has 90 valence electrons. The zero-order valence-corrected chi connectivity index (χ0v) is 11.1. The molecule has 1 aromatic rings. The van der Waals surface area contributed by atoms with Crippen LogP contribution in [0.2, 0.25) is 0 Å². The molecular formula is C12H14BrN3O. The topological polar surface area (TPSA) is 60.4 Å². The molecule has 1 aliphatic rings. The third kappa shape index (κ3) is 2.85. The summed E-state index contributed by atoms with van der Waals surface area (Å²) < 4.78 is 2.36. The fraction of sp³-hybridized carbons (Fsp3) is 0.333. The van der Waals surface area contributed by atoms with Gasteiger partial charge in [-0.25, -0.2) is 0 Å². The van der Waals surface area contributed by atoms with Gasteiger partial charge in [-0.3, -0.25) is 9.79 Å². The van der Waals surface area contributed by atoms with E-state index in [1.165, 1.54) is 10.8 Å². The van der Waals surface area contributed by atoms with Crippen molar-refractivity contribution in [2.75, 3.05) is 0 Å². The van der Waals surface area contributed by atoms with Crippen LogP contribution < -0.4 is 11.3 Å². The molecule has 2 N–H and O–H groups in total. The first-order valence-electron chi connectivity index (χ1n) is 5.43. The highest BCUT2D eigenvalue weighted by Crippen LogP contribution is 2.24. The lowest BCUT2D eigenvalue weighted by Crippen LogP contribution is -2.20. The van der Waals surface area contributed by atoms with Crippen LogP contribution in [-0.4, -0.2) is 16.8 Å². The van der Waals surface area contributed by atoms with E-state index >= 15 is 0 Å². The van der Waals surface area contributed by atoms with Gasteiger partial charge in [0.1, 0.15) is 0 Å². The summed E-state index contributed by atoms with van der Waals surface area (Å²) in [4.78, 5) is 16.3. The smallest absolute Gasteiger partial charge is 0.258 e. The number of allylic oxidation sites excluding steroid dienone is 1. The summed E-state index contributed by atoms with van der Waals surface area (Å²) >= 11 is 3.36. The third-order valence-corrected chi connectivity index (χ3v) is 3.05. The van der Waals surface area contributed by atoms with Crippen molar-refractivity contribution in [2.24, 2.45) is 17.8 Å². The number of nitrogens with two attached hydrogens (primary N) is 1. The molecule has 1 saturated carbocycles. The largest absolute Gasteiger partial charge is 0.404 e. The lowest BCUT2D eigenvalue weighted by atomic mass is 10.1. The molecule has 1 aromatic heterocycles. The molecule has 0 aromatic carbocycles. The van der Waals surface area contributed by atoms with Gasteiger partial charge in [0.05, 0.1) is 11.6 Å². The molecule has 0 bridgehead atoms. The van der Waals surface area contributed by atoms with Crippen LogP contribution in [0.3, 0.4) is 0 Å². The Morgan fingerprint density at radius 2 is 2.35 bits per heavy atom. The maximum Gasteiger partial charge on any atom is 0.258 e. The van der Waals surface area contributed by atoms with Gasteiger partial charge in [0, 0.05) is 35.7 Å². The van der Waals surface area contributed by atoms with Gasteiger partial charge >= 0.3 is 0 Å². The van der Waals surface area contributed by atoms with Gasteiger partial charge in [-0.05, 0) is 34.8 Å². The standard InChI is InChI=1S/C12H14BrN3O/c1-16-7-9(13)4-11(12(16)17)8(5-14)6-15-10-2-3-10/h4-7,10H,2-3,14H2,1H3/b8-5+,15-6?. The molecule has 1 heterocycles. The Balaban J connectivity index is 2.40. The van der Waals surface area contributed by atoms with Crippen LogP contribution in [0.1, 0.15) is 18.4 Å². The van der Waals surface area contributed by atoms with E-state index in [2.05, 4.69) is 20.9 Å². The molecule has 5 heteroatoms. The van der Waals surface area contributed by atoms with Gasteiger partial charge in [0.15, 0.2) is 0 Å². The quantitative estimate of drug-likeness (QED) is 0.863. The van der Waals surface area contributed by atoms with Crippen molar-refractivity contribution >= 4 is 27.7 Å². The molecule has 1 aliphatic carbocycles. The number of aryl methyl sites for hydroxylation is 1. The second-order valence-corrected chi connectivity index (χ2v) is 5.04. The Kier molecular flexibility index (Phi) is 3.47. The fourth-order valence-corrected chi connectivity index (χ4v) is 2.03. The van der Waals surface area contributed by atoms with Crippen LogP contribution in [0, 0.1) is 0 Å². The van der Waals surface area contributed by atoms with E-state index in [0.29, 0.717) is 17.2 Å². The Hall–Kier alpha value is -1.36. The monoisotopic (exact) mass is 295 g/mol. The molecule has 0 amide bonds. The Morgan fingerprint density at radius 3 is 2.94 bits per heavy atom. The molecular weight excluding hydrogens is 282 g/mol. The number of aliphatic imine (C=N–C) groups is 1. The first-order chi connectivity index (χ1) is 8.11. The minimum atomic E-state index is -0.0767. The van der Waals surface area contributed by atoms with Gasteiger partial charge in [-0.15, -0.1) is 0 Å². The average Bonchev–Trinajstić information content (AvgIpc) is 3.09. The summed E-state index contributed by atoms with van der Waals surface area (Å²) in [5, 5.41) is 0. The molecule has 0 radical (unpaired) electrons. The molecule has 0 saturated heterocycles. The summed E-state index contributed by atoms with van der Waals surface area (Å²) in [6, 6.07) is 2.18. The summed E-state index contributed by atoms with van der Waals surface area (Å²) in [5.41, 5.74) is 6.72. The summed E-state index contributed by atoms with van der Waals surface area (Å²) in [6.07, 6.45) is 7.10. The molecule has 2 rings (SSSR count). The van der Waals surface area contributed by atoms with Gasteiger partial charge in [-0.1, -0.05) is 0 Å². The Morgan fingerprint density at radius 1 is 1.65 bits per heavy atom. The number of pyridine rings is 1. The number of hydrogen-bond acceptors (Lipinski definition) is 3. The van der Waals surface area contributed by atoms with Crippen LogP contribution >= 0.6 is 15.9 Å². The van der Waals surface area contributed by atoms with Crippen molar-refractivity contribution in [1.29, 1.82) is 0 Å². The molecule has 1 fully saturated rings. The predicted molar refractivity (Wildman–Crippen MR) is 73.1 cm³/mol. The van der Waals surface area contributed by atoms with E-state index in [4.69, 9.17) is 5.73 Å². The second-order valence-electron chi connectivity index (χ2n) is 4.12. The van der Waals surface area contributed by atoms with Crippen LogP contribution in [-0.2, 0) is 7.05 Å². The maximum absolute atomic E-state index is 12.0. The lowest BCUT2D eigenvalue weighted by molar-refractivity contribution is 0.851. The van der Waals surface area contributed by atoms with E-state index in [1.807, 2.05) is 0 Å². The summed E-state index contributed by atoms with van der Waals surface area (Å²) in [6.45, 7) is 0. The normalized spacial score (nSPS) is 16.7. The van der Waals surface area contributed by atoms with Crippen LogP contribution in [0.25, 0.3) is 5.57 Å². The number of rotatable bonds is 3. The van der Waals surface area contributed by atoms with E-state index < -0.39 is 0 Å². The van der Waals surface area contributed by atoms with Crippen LogP contribution in [0.15, 0.2) is 32.7 Å². The zero-order valence-electron chi connectivity index (χ0n) is 9.56. The van der Waals surface area contributed by atoms with E-state index in [1.54, 1.807) is 25.5 Å². The number of aromatic nitrogens is 1. The van der Waals surface area contributed by atoms with Gasteiger partial charge in [0.2, 0.25) is 0 Å². The fourth-order valence-electron chi connectivity index (χ4n) is 1.49.